The van der Waals surface area contributed by atoms with Crippen molar-refractivity contribution in [2.24, 2.45) is 0 Å². The Morgan fingerprint density at radius 1 is 1.00 bits per heavy atom. The fourth-order valence-electron chi connectivity index (χ4n) is 6.53. The Labute approximate surface area is 273 Å². The molecule has 0 atom stereocenters. The van der Waals surface area contributed by atoms with Crippen molar-refractivity contribution in [3.63, 3.8) is 0 Å². The molecular formula is C31H38BrN5O6S2. The number of sulfonamides is 1. The quantitative estimate of drug-likeness (QED) is 0.328. The van der Waals surface area contributed by atoms with E-state index in [-0.39, 0.29) is 29.2 Å². The maximum Gasteiger partial charge on any atom is 0.265 e. The van der Waals surface area contributed by atoms with E-state index in [9.17, 15) is 21.6 Å². The maximum atomic E-state index is 13.0. The minimum atomic E-state index is -3.42. The monoisotopic (exact) mass is 719 g/mol. The Bertz CT molecular complexity index is 1800. The number of piperidine rings is 1. The summed E-state index contributed by atoms with van der Waals surface area (Å²) in [4.78, 5) is 17.4. The van der Waals surface area contributed by atoms with E-state index < -0.39 is 19.9 Å². The maximum absolute atomic E-state index is 13.0. The van der Waals surface area contributed by atoms with Crippen LogP contribution < -0.4 is 9.64 Å². The van der Waals surface area contributed by atoms with Crippen LogP contribution in [-0.2, 0) is 44.2 Å². The van der Waals surface area contributed by atoms with Crippen LogP contribution in [0.25, 0.3) is 11.3 Å². The number of aryl methyl sites for hydroxylation is 1. The molecule has 0 radical (unpaired) electrons. The molecule has 0 bridgehead atoms. The van der Waals surface area contributed by atoms with Gasteiger partial charge in [0.25, 0.3) is 5.91 Å². The molecule has 14 heteroatoms. The predicted octanol–water partition coefficient (Wildman–Crippen LogP) is 3.70. The number of amides is 1. The normalized spacial score (nSPS) is 18.5. The first-order valence-corrected chi connectivity index (χ1v) is 19.6. The van der Waals surface area contributed by atoms with Crippen LogP contribution in [0.3, 0.4) is 0 Å². The number of benzene rings is 2. The molecule has 1 saturated heterocycles. The van der Waals surface area contributed by atoms with E-state index in [4.69, 9.17) is 9.84 Å². The number of carbonyl (C=O) groups is 1. The van der Waals surface area contributed by atoms with Crippen LogP contribution in [0.2, 0.25) is 0 Å². The average molecular weight is 721 g/mol. The van der Waals surface area contributed by atoms with Crippen LogP contribution in [-0.4, -0.2) is 92.6 Å². The summed E-state index contributed by atoms with van der Waals surface area (Å²) in [5.41, 5.74) is 4.40. The first kappa shape index (κ1) is 32.2. The highest BCUT2D eigenvalue weighted by molar-refractivity contribution is 9.10. The van der Waals surface area contributed by atoms with Crippen molar-refractivity contribution >= 4 is 47.4 Å². The van der Waals surface area contributed by atoms with Gasteiger partial charge in [-0.25, -0.2) is 16.8 Å². The van der Waals surface area contributed by atoms with E-state index in [0.717, 1.165) is 72.4 Å². The topological polar surface area (TPSA) is 122 Å². The van der Waals surface area contributed by atoms with Crippen LogP contribution in [0.1, 0.15) is 37.4 Å². The molecular weight excluding hydrogens is 682 g/mol. The number of aromatic nitrogens is 2. The van der Waals surface area contributed by atoms with Gasteiger partial charge in [-0.1, -0.05) is 35.0 Å². The van der Waals surface area contributed by atoms with Gasteiger partial charge in [-0.2, -0.15) is 9.40 Å². The van der Waals surface area contributed by atoms with E-state index in [1.807, 2.05) is 24.3 Å². The highest BCUT2D eigenvalue weighted by Gasteiger charge is 2.35. The van der Waals surface area contributed by atoms with Gasteiger partial charge in [-0.05, 0) is 56.1 Å². The summed E-state index contributed by atoms with van der Waals surface area (Å²) in [6.07, 6.45) is 4.32. The van der Waals surface area contributed by atoms with Gasteiger partial charge >= 0.3 is 0 Å². The van der Waals surface area contributed by atoms with Crippen molar-refractivity contribution in [3.05, 3.63) is 58.2 Å². The first-order valence-electron chi connectivity index (χ1n) is 15.3. The third-order valence-electron chi connectivity index (χ3n) is 9.00. The number of hydrogen-bond acceptors (Lipinski definition) is 8. The number of hydrogen-bond donors (Lipinski definition) is 0. The lowest BCUT2D eigenvalue weighted by molar-refractivity contribution is -0.122. The van der Waals surface area contributed by atoms with Crippen molar-refractivity contribution in [2.45, 2.75) is 56.6 Å². The number of rotatable bonds is 9. The number of anilines is 1. The lowest BCUT2D eigenvalue weighted by Gasteiger charge is -2.40. The van der Waals surface area contributed by atoms with Crippen molar-refractivity contribution < 1.29 is 26.4 Å². The zero-order chi connectivity index (χ0) is 31.9. The van der Waals surface area contributed by atoms with Gasteiger partial charge in [0, 0.05) is 66.5 Å². The number of sulfone groups is 1. The SMILES string of the molecule is CCS(=O)(=O)c1ccc2c(c1)N(C1CCN(CCCn3nc(-c4ccc(Br)cc4)c4c3CCN(S(C)(=O)=O)C4)CC1)C(=O)CO2. The van der Waals surface area contributed by atoms with Crippen LogP contribution in [0.4, 0.5) is 5.69 Å². The van der Waals surface area contributed by atoms with Gasteiger partial charge in [0.15, 0.2) is 16.4 Å². The smallest absolute Gasteiger partial charge is 0.265 e. The third-order valence-corrected chi connectivity index (χ3v) is 12.5. The molecule has 0 aliphatic carbocycles. The summed E-state index contributed by atoms with van der Waals surface area (Å²) in [6, 6.07) is 12.7. The molecule has 3 aliphatic heterocycles. The molecule has 3 aliphatic rings. The molecule has 1 aromatic heterocycles. The highest BCUT2D eigenvalue weighted by Crippen LogP contribution is 2.38. The van der Waals surface area contributed by atoms with Crippen LogP contribution >= 0.6 is 15.9 Å². The molecule has 3 aromatic rings. The van der Waals surface area contributed by atoms with Gasteiger partial charge in [0.05, 0.1) is 28.3 Å². The lowest BCUT2D eigenvalue weighted by Crippen LogP contribution is -2.50. The molecule has 0 spiro atoms. The number of fused-ring (bicyclic) bond motifs is 2. The van der Waals surface area contributed by atoms with Crippen molar-refractivity contribution in [3.8, 4) is 17.0 Å². The van der Waals surface area contributed by atoms with Crippen molar-refractivity contribution in [1.29, 1.82) is 0 Å². The predicted molar refractivity (Wildman–Crippen MR) is 176 cm³/mol. The van der Waals surface area contributed by atoms with Crippen molar-refractivity contribution in [1.82, 2.24) is 19.0 Å². The second-order valence-electron chi connectivity index (χ2n) is 11.9. The standard InChI is InChI=1S/C31H38BrN5O6S2/c1-3-45(41,42)25-9-10-29-28(19-25)37(30(38)21-43-29)24-11-16-34(17-12-24)14-4-15-36-27-13-18-35(44(2,39)40)20-26(27)31(33-36)22-5-7-23(32)8-6-22/h5-10,19,24H,3-4,11-18,20-21H2,1-2H3. The summed E-state index contributed by atoms with van der Waals surface area (Å²) in [7, 11) is -6.73. The minimum absolute atomic E-state index is 0.00897. The van der Waals surface area contributed by atoms with Gasteiger partial charge in [-0.3, -0.25) is 9.48 Å². The molecule has 1 fully saturated rings. The molecule has 4 heterocycles. The van der Waals surface area contributed by atoms with E-state index >= 15 is 0 Å². The fraction of sp³-hybridized carbons (Fsp3) is 0.484. The number of nitrogens with zero attached hydrogens (tertiary/aromatic N) is 5. The summed E-state index contributed by atoms with van der Waals surface area (Å²) in [6.45, 7) is 5.57. The van der Waals surface area contributed by atoms with E-state index in [1.165, 1.54) is 10.6 Å². The Balaban J connectivity index is 1.11. The van der Waals surface area contributed by atoms with E-state index in [0.29, 0.717) is 30.9 Å². The zero-order valence-corrected chi connectivity index (χ0v) is 28.7. The minimum Gasteiger partial charge on any atom is -0.482 e. The summed E-state index contributed by atoms with van der Waals surface area (Å²) >= 11 is 3.49. The number of carbonyl (C=O) groups excluding carboxylic acids is 1. The molecule has 6 rings (SSSR count). The molecule has 0 unspecified atom stereocenters. The summed E-state index contributed by atoms with van der Waals surface area (Å²) < 4.78 is 59.9. The summed E-state index contributed by atoms with van der Waals surface area (Å²) in [5, 5.41) is 4.99. The van der Waals surface area contributed by atoms with Gasteiger partial charge in [-0.15, -0.1) is 0 Å². The van der Waals surface area contributed by atoms with Crippen molar-refractivity contribution in [2.75, 3.05) is 49.7 Å². The number of ether oxygens (including phenoxy) is 1. The molecule has 1 amide bonds. The lowest BCUT2D eigenvalue weighted by atomic mass is 10.0. The van der Waals surface area contributed by atoms with Crippen LogP contribution in [0, 0.1) is 0 Å². The Hall–Kier alpha value is -2.78. The average Bonchev–Trinajstić information content (AvgIpc) is 3.39. The van der Waals surface area contributed by atoms with Gasteiger partial charge in [0.2, 0.25) is 10.0 Å². The van der Waals surface area contributed by atoms with Gasteiger partial charge < -0.3 is 14.5 Å². The van der Waals surface area contributed by atoms with Crippen LogP contribution in [0.15, 0.2) is 51.8 Å². The molecule has 242 valence electrons. The second-order valence-corrected chi connectivity index (χ2v) is 17.0. The van der Waals surface area contributed by atoms with Gasteiger partial charge in [0.1, 0.15) is 5.75 Å². The third kappa shape index (κ3) is 6.71. The Morgan fingerprint density at radius 2 is 1.73 bits per heavy atom. The Morgan fingerprint density at radius 3 is 2.42 bits per heavy atom. The van der Waals surface area contributed by atoms with E-state index in [1.54, 1.807) is 30.0 Å². The number of likely N-dealkylation sites (tertiary alicyclic amines) is 1. The Kier molecular flexibility index (Phi) is 9.14. The molecule has 0 saturated carbocycles. The fourth-order valence-corrected chi connectivity index (χ4v) is 8.48. The summed E-state index contributed by atoms with van der Waals surface area (Å²) in [5.74, 6) is 0.383. The number of halogens is 1. The van der Waals surface area contributed by atoms with Crippen LogP contribution in [0.5, 0.6) is 5.75 Å². The zero-order valence-electron chi connectivity index (χ0n) is 25.5. The van der Waals surface area contributed by atoms with E-state index in [2.05, 4.69) is 25.5 Å². The molecule has 45 heavy (non-hydrogen) atoms. The highest BCUT2D eigenvalue weighted by atomic mass is 79.9. The molecule has 11 nitrogen and oxygen atoms in total. The first-order chi connectivity index (χ1) is 21.4. The second kappa shape index (κ2) is 12.8. The molecule has 2 aromatic carbocycles. The molecule has 0 N–H and O–H groups in total. The largest absolute Gasteiger partial charge is 0.482 e.